The van der Waals surface area contributed by atoms with Gasteiger partial charge in [-0.25, -0.2) is 0 Å². The van der Waals surface area contributed by atoms with Gasteiger partial charge in [0.1, 0.15) is 0 Å². The number of halogens is 1. The van der Waals surface area contributed by atoms with Crippen LogP contribution in [0.2, 0.25) is 5.02 Å². The maximum Gasteiger partial charge on any atom is 0.0440 e. The van der Waals surface area contributed by atoms with Gasteiger partial charge in [0.15, 0.2) is 0 Å². The van der Waals surface area contributed by atoms with Crippen LogP contribution >= 0.6 is 23.4 Å². The number of rotatable bonds is 3. The van der Waals surface area contributed by atoms with Crippen molar-refractivity contribution in [2.24, 2.45) is 5.92 Å². The predicted octanol–water partition coefficient (Wildman–Crippen LogP) is 3.14. The van der Waals surface area contributed by atoms with E-state index in [4.69, 9.17) is 11.6 Å². The lowest BCUT2D eigenvalue weighted by molar-refractivity contribution is 0.453. The van der Waals surface area contributed by atoms with E-state index in [1.54, 1.807) is 0 Å². The lowest BCUT2D eigenvalue weighted by atomic mass is 9.94. The molecule has 2 atom stereocenters. The minimum Gasteiger partial charge on any atom is -0.316 e. The van der Waals surface area contributed by atoms with E-state index in [0.717, 1.165) is 17.4 Å². The Morgan fingerprint density at radius 1 is 1.44 bits per heavy atom. The molecule has 0 saturated carbocycles. The number of aryl methyl sites for hydroxylation is 1. The highest BCUT2D eigenvalue weighted by molar-refractivity contribution is 7.99. The lowest BCUT2D eigenvalue weighted by Crippen LogP contribution is -2.33. The van der Waals surface area contributed by atoms with Crippen LogP contribution < -0.4 is 5.32 Å². The smallest absolute Gasteiger partial charge is 0.0440 e. The molecule has 0 spiro atoms. The van der Waals surface area contributed by atoms with Gasteiger partial charge in [0, 0.05) is 16.8 Å². The van der Waals surface area contributed by atoms with Crippen molar-refractivity contribution in [2.75, 3.05) is 18.6 Å². The highest BCUT2D eigenvalue weighted by Gasteiger charge is 2.26. The normalized spacial score (nSPS) is 24.9. The first-order chi connectivity index (χ1) is 7.70. The summed E-state index contributed by atoms with van der Waals surface area (Å²) in [5, 5.41) is 4.32. The van der Waals surface area contributed by atoms with Gasteiger partial charge in [-0.2, -0.15) is 11.8 Å². The molecule has 2 rings (SSSR count). The molecule has 1 aromatic carbocycles. The highest BCUT2D eigenvalue weighted by Crippen LogP contribution is 2.29. The summed E-state index contributed by atoms with van der Waals surface area (Å²) in [6, 6.07) is 7.03. The molecule has 0 aliphatic carbocycles. The Balaban J connectivity index is 2.08. The summed E-state index contributed by atoms with van der Waals surface area (Å²) in [5.41, 5.74) is 2.53. The third-order valence-corrected chi connectivity index (χ3v) is 4.87. The molecule has 3 heteroatoms. The van der Waals surface area contributed by atoms with Crippen molar-refractivity contribution in [1.82, 2.24) is 5.32 Å². The van der Waals surface area contributed by atoms with Gasteiger partial charge in [-0.1, -0.05) is 23.7 Å². The lowest BCUT2D eigenvalue weighted by Gasteiger charge is -2.18. The van der Waals surface area contributed by atoms with E-state index < -0.39 is 0 Å². The molecule has 2 unspecified atom stereocenters. The Morgan fingerprint density at radius 3 is 2.94 bits per heavy atom. The van der Waals surface area contributed by atoms with Gasteiger partial charge in [-0.05, 0) is 49.3 Å². The third kappa shape index (κ3) is 2.73. The van der Waals surface area contributed by atoms with Gasteiger partial charge < -0.3 is 5.32 Å². The topological polar surface area (TPSA) is 12.0 Å². The molecule has 1 nitrogen and oxygen atoms in total. The van der Waals surface area contributed by atoms with E-state index in [9.17, 15) is 0 Å². The zero-order valence-corrected chi connectivity index (χ0v) is 11.4. The molecule has 0 radical (unpaired) electrons. The molecule has 1 aliphatic rings. The second-order valence-corrected chi connectivity index (χ2v) is 5.97. The van der Waals surface area contributed by atoms with Gasteiger partial charge >= 0.3 is 0 Å². The SMILES string of the molecule is CNC1CSCC1Cc1ccc(C)cc1Cl. The van der Waals surface area contributed by atoms with Crippen LogP contribution in [0.15, 0.2) is 18.2 Å². The Morgan fingerprint density at radius 2 is 2.25 bits per heavy atom. The molecule has 1 fully saturated rings. The summed E-state index contributed by atoms with van der Waals surface area (Å²) in [7, 11) is 2.06. The van der Waals surface area contributed by atoms with Gasteiger partial charge in [-0.3, -0.25) is 0 Å². The third-order valence-electron chi connectivity index (χ3n) is 3.26. The van der Waals surface area contributed by atoms with Crippen LogP contribution in [-0.4, -0.2) is 24.6 Å². The Kier molecular flexibility index (Phi) is 4.17. The molecular weight excluding hydrogens is 238 g/mol. The molecular formula is C13H18ClNS. The van der Waals surface area contributed by atoms with E-state index in [-0.39, 0.29) is 0 Å². The fourth-order valence-electron chi connectivity index (χ4n) is 2.22. The summed E-state index contributed by atoms with van der Waals surface area (Å²) >= 11 is 8.31. The average molecular weight is 256 g/mol. The number of nitrogens with one attached hydrogen (secondary N) is 1. The standard InChI is InChI=1S/C13H18ClNS/c1-9-3-4-10(12(14)5-9)6-11-7-16-8-13(11)15-2/h3-5,11,13,15H,6-8H2,1-2H3. The number of benzene rings is 1. The van der Waals surface area contributed by atoms with Crippen molar-refractivity contribution in [1.29, 1.82) is 0 Å². The van der Waals surface area contributed by atoms with Crippen molar-refractivity contribution in [2.45, 2.75) is 19.4 Å². The van der Waals surface area contributed by atoms with Crippen LogP contribution in [0.3, 0.4) is 0 Å². The zero-order valence-electron chi connectivity index (χ0n) is 9.79. The largest absolute Gasteiger partial charge is 0.316 e. The van der Waals surface area contributed by atoms with E-state index in [1.807, 2.05) is 11.8 Å². The molecule has 16 heavy (non-hydrogen) atoms. The predicted molar refractivity (Wildman–Crippen MR) is 73.6 cm³/mol. The molecule has 1 saturated heterocycles. The van der Waals surface area contributed by atoms with Gasteiger partial charge in [0.05, 0.1) is 0 Å². The zero-order chi connectivity index (χ0) is 11.5. The van der Waals surface area contributed by atoms with Crippen LogP contribution in [0.1, 0.15) is 11.1 Å². The molecule has 1 heterocycles. The molecule has 1 aromatic rings. The summed E-state index contributed by atoms with van der Waals surface area (Å²) in [6.07, 6.45) is 1.09. The van der Waals surface area contributed by atoms with Crippen molar-refractivity contribution in [3.8, 4) is 0 Å². The first-order valence-electron chi connectivity index (χ1n) is 5.70. The van der Waals surface area contributed by atoms with Crippen LogP contribution in [-0.2, 0) is 6.42 Å². The van der Waals surface area contributed by atoms with E-state index >= 15 is 0 Å². The molecule has 0 bridgehead atoms. The number of thioether (sulfide) groups is 1. The van der Waals surface area contributed by atoms with Crippen LogP contribution in [0.5, 0.6) is 0 Å². The van der Waals surface area contributed by atoms with Crippen LogP contribution in [0.25, 0.3) is 0 Å². The summed E-state index contributed by atoms with van der Waals surface area (Å²) in [4.78, 5) is 0. The second kappa shape index (κ2) is 5.44. The van der Waals surface area contributed by atoms with Crippen molar-refractivity contribution in [3.05, 3.63) is 34.3 Å². The molecule has 1 N–H and O–H groups in total. The summed E-state index contributed by atoms with van der Waals surface area (Å²) < 4.78 is 0. The monoisotopic (exact) mass is 255 g/mol. The van der Waals surface area contributed by atoms with Crippen LogP contribution in [0.4, 0.5) is 0 Å². The highest BCUT2D eigenvalue weighted by atomic mass is 35.5. The van der Waals surface area contributed by atoms with E-state index in [0.29, 0.717) is 6.04 Å². The minimum absolute atomic E-state index is 0.641. The van der Waals surface area contributed by atoms with E-state index in [1.165, 1.54) is 22.6 Å². The molecule has 0 aromatic heterocycles. The van der Waals surface area contributed by atoms with Gasteiger partial charge in [0.25, 0.3) is 0 Å². The second-order valence-electron chi connectivity index (χ2n) is 4.49. The number of hydrogen-bond acceptors (Lipinski definition) is 2. The molecule has 1 aliphatic heterocycles. The maximum atomic E-state index is 6.27. The van der Waals surface area contributed by atoms with Gasteiger partial charge in [-0.15, -0.1) is 0 Å². The summed E-state index contributed by atoms with van der Waals surface area (Å²) in [5.74, 6) is 3.19. The van der Waals surface area contributed by atoms with Crippen LogP contribution in [0, 0.1) is 12.8 Å². The number of hydrogen-bond donors (Lipinski definition) is 1. The van der Waals surface area contributed by atoms with Crippen molar-refractivity contribution >= 4 is 23.4 Å². The van der Waals surface area contributed by atoms with Crippen molar-refractivity contribution in [3.63, 3.8) is 0 Å². The minimum atomic E-state index is 0.641. The molecule has 88 valence electrons. The first kappa shape index (κ1) is 12.3. The Labute approximate surface area is 107 Å². The van der Waals surface area contributed by atoms with Crippen molar-refractivity contribution < 1.29 is 0 Å². The van der Waals surface area contributed by atoms with Gasteiger partial charge in [0.2, 0.25) is 0 Å². The summed E-state index contributed by atoms with van der Waals surface area (Å²) in [6.45, 7) is 2.08. The maximum absolute atomic E-state index is 6.27. The Hall–Kier alpha value is -0.180. The quantitative estimate of drug-likeness (QED) is 0.891. The average Bonchev–Trinajstić information content (AvgIpc) is 2.69. The first-order valence-corrected chi connectivity index (χ1v) is 7.24. The molecule has 0 amide bonds. The Bertz CT molecular complexity index is 367. The fourth-order valence-corrected chi connectivity index (χ4v) is 4.01. The van der Waals surface area contributed by atoms with E-state index in [2.05, 4.69) is 37.5 Å². The fraction of sp³-hybridized carbons (Fsp3) is 0.538.